The molecule has 0 aliphatic carbocycles. The molecule has 2 unspecified atom stereocenters. The lowest BCUT2D eigenvalue weighted by Crippen LogP contribution is -2.60. The molecule has 2 heterocycles. The molecule has 0 amide bonds. The van der Waals surface area contributed by atoms with Crippen molar-refractivity contribution in [1.29, 1.82) is 5.26 Å². The first kappa shape index (κ1) is 19.2. The Labute approximate surface area is 158 Å². The predicted octanol–water partition coefficient (Wildman–Crippen LogP) is 5.20. The molecule has 1 saturated heterocycles. The number of nitriles is 1. The minimum atomic E-state index is -0.830. The van der Waals surface area contributed by atoms with Gasteiger partial charge in [-0.25, -0.2) is 0 Å². The molecule has 0 bridgehead atoms. The summed E-state index contributed by atoms with van der Waals surface area (Å²) in [4.78, 5) is 6.44. The summed E-state index contributed by atoms with van der Waals surface area (Å²) in [6.07, 6.45) is 4.94. The van der Waals surface area contributed by atoms with Gasteiger partial charge in [0.25, 0.3) is 0 Å². The van der Waals surface area contributed by atoms with Gasteiger partial charge in [-0.3, -0.25) is 4.84 Å². The standard InChI is InChI=1S/C22H32N2O2/c1-20(2)12-8-13-21(3,4)24(20)26-22(5,16-23)14-11-17-15-25-19-10-7-6-9-18(17)19/h6-7,9-10,17H,8,11-15H2,1-5H3. The lowest BCUT2D eigenvalue weighted by molar-refractivity contribution is -0.320. The highest BCUT2D eigenvalue weighted by Crippen LogP contribution is 2.42. The van der Waals surface area contributed by atoms with Crippen molar-refractivity contribution < 1.29 is 9.57 Å². The van der Waals surface area contributed by atoms with Gasteiger partial charge in [0.15, 0.2) is 5.60 Å². The third kappa shape index (κ3) is 3.75. The van der Waals surface area contributed by atoms with Gasteiger partial charge < -0.3 is 4.74 Å². The Kier molecular flexibility index (Phi) is 5.07. The van der Waals surface area contributed by atoms with Crippen LogP contribution in [0.3, 0.4) is 0 Å². The molecule has 0 radical (unpaired) electrons. The molecule has 1 aromatic carbocycles. The van der Waals surface area contributed by atoms with E-state index in [1.807, 2.05) is 19.1 Å². The quantitative estimate of drug-likeness (QED) is 0.727. The molecule has 26 heavy (non-hydrogen) atoms. The monoisotopic (exact) mass is 356 g/mol. The fraction of sp³-hybridized carbons (Fsp3) is 0.682. The summed E-state index contributed by atoms with van der Waals surface area (Å²) in [6, 6.07) is 10.7. The van der Waals surface area contributed by atoms with Crippen molar-refractivity contribution in [3.8, 4) is 11.8 Å². The Morgan fingerprint density at radius 3 is 2.54 bits per heavy atom. The number of fused-ring (bicyclic) bond motifs is 1. The van der Waals surface area contributed by atoms with Crippen molar-refractivity contribution in [1.82, 2.24) is 5.06 Å². The predicted molar refractivity (Wildman–Crippen MR) is 103 cm³/mol. The molecule has 4 nitrogen and oxygen atoms in total. The van der Waals surface area contributed by atoms with Gasteiger partial charge in [-0.05, 0) is 72.8 Å². The minimum absolute atomic E-state index is 0.0665. The van der Waals surface area contributed by atoms with E-state index in [0.29, 0.717) is 18.9 Å². The number of para-hydroxylation sites is 1. The van der Waals surface area contributed by atoms with E-state index in [2.05, 4.69) is 51.0 Å². The van der Waals surface area contributed by atoms with Crippen LogP contribution in [-0.4, -0.2) is 28.3 Å². The molecule has 142 valence electrons. The lowest BCUT2D eigenvalue weighted by Gasteiger charge is -2.53. The fourth-order valence-corrected chi connectivity index (χ4v) is 4.46. The number of rotatable bonds is 5. The second kappa shape index (κ2) is 6.87. The highest BCUT2D eigenvalue weighted by molar-refractivity contribution is 5.39. The average Bonchev–Trinajstić information content (AvgIpc) is 3.00. The van der Waals surface area contributed by atoms with Crippen LogP contribution < -0.4 is 4.74 Å². The third-order valence-corrected chi connectivity index (χ3v) is 5.97. The Morgan fingerprint density at radius 2 is 1.88 bits per heavy atom. The van der Waals surface area contributed by atoms with Gasteiger partial charge >= 0.3 is 0 Å². The van der Waals surface area contributed by atoms with Crippen LogP contribution in [-0.2, 0) is 4.84 Å². The van der Waals surface area contributed by atoms with Crippen molar-refractivity contribution >= 4 is 0 Å². The number of piperidine rings is 1. The Balaban J connectivity index is 1.70. The summed E-state index contributed by atoms with van der Waals surface area (Å²) in [5, 5.41) is 12.0. The first-order valence-electron chi connectivity index (χ1n) is 9.79. The van der Waals surface area contributed by atoms with Crippen LogP contribution in [0.2, 0.25) is 0 Å². The number of hydroxylamine groups is 2. The van der Waals surface area contributed by atoms with E-state index < -0.39 is 5.60 Å². The van der Waals surface area contributed by atoms with Crippen LogP contribution in [0.5, 0.6) is 5.75 Å². The Hall–Kier alpha value is -1.57. The maximum atomic E-state index is 9.89. The molecular weight excluding hydrogens is 324 g/mol. The van der Waals surface area contributed by atoms with Gasteiger partial charge in [0.1, 0.15) is 5.75 Å². The van der Waals surface area contributed by atoms with Crippen LogP contribution in [0.1, 0.15) is 78.2 Å². The zero-order chi connectivity index (χ0) is 19.0. The summed E-state index contributed by atoms with van der Waals surface area (Å²) in [6.45, 7) is 11.5. The smallest absolute Gasteiger partial charge is 0.173 e. The highest BCUT2D eigenvalue weighted by atomic mass is 16.7. The van der Waals surface area contributed by atoms with Gasteiger partial charge in [0.05, 0.1) is 12.7 Å². The number of benzene rings is 1. The van der Waals surface area contributed by atoms with E-state index in [9.17, 15) is 5.26 Å². The number of hydrogen-bond acceptors (Lipinski definition) is 4. The van der Waals surface area contributed by atoms with Crippen LogP contribution in [0.4, 0.5) is 0 Å². The van der Waals surface area contributed by atoms with Gasteiger partial charge in [0.2, 0.25) is 0 Å². The maximum Gasteiger partial charge on any atom is 0.173 e. The zero-order valence-electron chi connectivity index (χ0n) is 16.8. The summed E-state index contributed by atoms with van der Waals surface area (Å²) in [5.74, 6) is 1.32. The molecule has 0 spiro atoms. The molecular formula is C22H32N2O2. The van der Waals surface area contributed by atoms with Crippen molar-refractivity contribution in [3.63, 3.8) is 0 Å². The van der Waals surface area contributed by atoms with E-state index >= 15 is 0 Å². The van der Waals surface area contributed by atoms with Crippen molar-refractivity contribution in [2.24, 2.45) is 0 Å². The van der Waals surface area contributed by atoms with E-state index in [0.717, 1.165) is 25.0 Å². The van der Waals surface area contributed by atoms with Crippen molar-refractivity contribution in [3.05, 3.63) is 29.8 Å². The van der Waals surface area contributed by atoms with Crippen LogP contribution in [0.25, 0.3) is 0 Å². The van der Waals surface area contributed by atoms with Crippen molar-refractivity contribution in [2.45, 2.75) is 89.3 Å². The molecule has 1 aromatic rings. The van der Waals surface area contributed by atoms with Gasteiger partial charge in [-0.1, -0.05) is 18.2 Å². The summed E-state index contributed by atoms with van der Waals surface area (Å²) in [5.41, 5.74) is 0.293. The van der Waals surface area contributed by atoms with Crippen LogP contribution in [0, 0.1) is 11.3 Å². The minimum Gasteiger partial charge on any atom is -0.493 e. The largest absolute Gasteiger partial charge is 0.493 e. The first-order chi connectivity index (χ1) is 12.2. The highest BCUT2D eigenvalue weighted by Gasteiger charge is 2.46. The second-order valence-electron chi connectivity index (χ2n) is 9.29. The van der Waals surface area contributed by atoms with Gasteiger partial charge in [-0.2, -0.15) is 10.3 Å². The summed E-state index contributed by atoms with van der Waals surface area (Å²) < 4.78 is 5.79. The van der Waals surface area contributed by atoms with E-state index in [-0.39, 0.29) is 11.1 Å². The van der Waals surface area contributed by atoms with Crippen LogP contribution in [0.15, 0.2) is 24.3 Å². The van der Waals surface area contributed by atoms with E-state index in [1.165, 1.54) is 12.0 Å². The molecule has 0 saturated carbocycles. The molecule has 0 N–H and O–H groups in total. The Morgan fingerprint density at radius 1 is 1.23 bits per heavy atom. The topological polar surface area (TPSA) is 45.5 Å². The fourth-order valence-electron chi connectivity index (χ4n) is 4.46. The lowest BCUT2D eigenvalue weighted by atomic mass is 9.82. The molecule has 1 fully saturated rings. The molecule has 3 rings (SSSR count). The molecule has 2 aliphatic rings. The maximum absolute atomic E-state index is 9.89. The molecule has 2 atom stereocenters. The number of ether oxygens (including phenoxy) is 1. The van der Waals surface area contributed by atoms with Crippen molar-refractivity contribution in [2.75, 3.05) is 6.61 Å². The molecule has 0 aromatic heterocycles. The first-order valence-corrected chi connectivity index (χ1v) is 9.79. The zero-order valence-corrected chi connectivity index (χ0v) is 16.8. The van der Waals surface area contributed by atoms with Gasteiger partial charge in [-0.15, -0.1) is 0 Å². The number of hydrogen-bond donors (Lipinski definition) is 0. The third-order valence-electron chi connectivity index (χ3n) is 5.97. The summed E-state index contributed by atoms with van der Waals surface area (Å²) in [7, 11) is 0. The normalized spacial score (nSPS) is 26.4. The summed E-state index contributed by atoms with van der Waals surface area (Å²) >= 11 is 0. The van der Waals surface area contributed by atoms with Gasteiger partial charge in [0, 0.05) is 22.6 Å². The van der Waals surface area contributed by atoms with E-state index in [1.54, 1.807) is 0 Å². The number of nitrogens with zero attached hydrogens (tertiary/aromatic N) is 2. The van der Waals surface area contributed by atoms with Crippen LogP contribution >= 0.6 is 0 Å². The molecule has 4 heteroatoms. The SMILES string of the molecule is CC(C#N)(CCC1COc2ccccc21)ON1C(C)(C)CCCC1(C)C. The van der Waals surface area contributed by atoms with E-state index in [4.69, 9.17) is 9.57 Å². The second-order valence-corrected chi connectivity index (χ2v) is 9.29. The molecule has 2 aliphatic heterocycles. The Bertz CT molecular complexity index is 676. The average molecular weight is 357 g/mol.